The van der Waals surface area contributed by atoms with E-state index in [1.807, 2.05) is 13.0 Å². The number of carbonyl (C=O) groups is 1. The van der Waals surface area contributed by atoms with Gasteiger partial charge in [-0.25, -0.2) is 4.79 Å². The molecule has 3 nitrogen and oxygen atoms in total. The van der Waals surface area contributed by atoms with E-state index in [0.717, 1.165) is 6.42 Å². The molecule has 0 spiro atoms. The smallest absolute Gasteiger partial charge is 0.338 e. The van der Waals surface area contributed by atoms with Crippen LogP contribution in [-0.2, 0) is 4.74 Å². The van der Waals surface area contributed by atoms with E-state index < -0.39 is 11.5 Å². The highest BCUT2D eigenvalue weighted by Crippen LogP contribution is 2.32. The summed E-state index contributed by atoms with van der Waals surface area (Å²) in [5.41, 5.74) is 0.0725. The van der Waals surface area contributed by atoms with Crippen LogP contribution in [0.2, 0.25) is 0 Å². The van der Waals surface area contributed by atoms with Crippen LogP contribution in [0.4, 0.5) is 0 Å². The predicted octanol–water partition coefficient (Wildman–Crippen LogP) is 3.20. The van der Waals surface area contributed by atoms with Gasteiger partial charge in [0.1, 0.15) is 6.61 Å². The average Bonchev–Trinajstić information content (AvgIpc) is 2.43. The molecule has 0 heterocycles. The molecule has 0 aliphatic heterocycles. The average molecular weight is 262 g/mol. The molecule has 0 unspecified atom stereocenters. The molecule has 3 heteroatoms. The molecular weight excluding hydrogens is 240 g/mol. The standard InChI is InChI=1S/C16H22O3/c1-4-11-16(5-2,13(3)17)12-19-15(18)14-9-7-6-8-10-14/h4,6-10,13,17H,1,5,11-12H2,2-3H3/t13-,16+/m0/s1. The summed E-state index contributed by atoms with van der Waals surface area (Å²) in [6, 6.07) is 8.86. The number of hydrogen-bond donors (Lipinski definition) is 1. The summed E-state index contributed by atoms with van der Waals surface area (Å²) >= 11 is 0. The van der Waals surface area contributed by atoms with E-state index >= 15 is 0 Å². The number of allylic oxidation sites excluding steroid dienone is 1. The van der Waals surface area contributed by atoms with Crippen molar-refractivity contribution in [3.63, 3.8) is 0 Å². The number of benzene rings is 1. The van der Waals surface area contributed by atoms with Crippen LogP contribution in [0.3, 0.4) is 0 Å². The third-order valence-electron chi connectivity index (χ3n) is 3.64. The first-order chi connectivity index (χ1) is 9.05. The Balaban J connectivity index is 2.71. The highest BCUT2D eigenvalue weighted by Gasteiger charge is 2.34. The maximum absolute atomic E-state index is 11.9. The molecule has 0 aliphatic carbocycles. The molecule has 0 fully saturated rings. The molecule has 0 saturated carbocycles. The zero-order valence-electron chi connectivity index (χ0n) is 11.6. The molecule has 0 aliphatic rings. The van der Waals surface area contributed by atoms with Gasteiger partial charge in [0.2, 0.25) is 0 Å². The van der Waals surface area contributed by atoms with Gasteiger partial charge in [-0.15, -0.1) is 6.58 Å². The summed E-state index contributed by atoms with van der Waals surface area (Å²) in [7, 11) is 0. The Bertz CT molecular complexity index is 411. The minimum Gasteiger partial charge on any atom is -0.461 e. The van der Waals surface area contributed by atoms with Crippen molar-refractivity contribution in [2.24, 2.45) is 5.41 Å². The molecule has 0 amide bonds. The Morgan fingerprint density at radius 3 is 2.58 bits per heavy atom. The van der Waals surface area contributed by atoms with Crippen LogP contribution < -0.4 is 0 Å². The molecule has 1 N–H and O–H groups in total. The van der Waals surface area contributed by atoms with Crippen LogP contribution in [0.1, 0.15) is 37.0 Å². The summed E-state index contributed by atoms with van der Waals surface area (Å²) in [5.74, 6) is -0.358. The van der Waals surface area contributed by atoms with Crippen LogP contribution >= 0.6 is 0 Å². The molecular formula is C16H22O3. The first-order valence-corrected chi connectivity index (χ1v) is 6.57. The topological polar surface area (TPSA) is 46.5 Å². The zero-order valence-corrected chi connectivity index (χ0v) is 11.6. The number of ether oxygens (including phenoxy) is 1. The zero-order chi connectivity index (χ0) is 14.3. The maximum atomic E-state index is 11.9. The minimum atomic E-state index is -0.556. The van der Waals surface area contributed by atoms with Gasteiger partial charge in [0.25, 0.3) is 0 Å². The molecule has 1 aromatic rings. The third-order valence-corrected chi connectivity index (χ3v) is 3.64. The van der Waals surface area contributed by atoms with E-state index in [1.165, 1.54) is 0 Å². The fourth-order valence-corrected chi connectivity index (χ4v) is 2.05. The van der Waals surface area contributed by atoms with Crippen LogP contribution in [0.25, 0.3) is 0 Å². The second kappa shape index (κ2) is 7.10. The van der Waals surface area contributed by atoms with Crippen molar-refractivity contribution in [1.82, 2.24) is 0 Å². The number of hydrogen-bond acceptors (Lipinski definition) is 3. The SMILES string of the molecule is C=CC[C@](CC)(COC(=O)c1ccccc1)[C@H](C)O. The van der Waals surface area contributed by atoms with E-state index in [0.29, 0.717) is 12.0 Å². The van der Waals surface area contributed by atoms with Crippen molar-refractivity contribution >= 4 is 5.97 Å². The highest BCUT2D eigenvalue weighted by atomic mass is 16.5. The van der Waals surface area contributed by atoms with E-state index in [1.54, 1.807) is 37.3 Å². The van der Waals surface area contributed by atoms with Crippen molar-refractivity contribution < 1.29 is 14.6 Å². The Kier molecular flexibility index (Phi) is 5.77. The lowest BCUT2D eigenvalue weighted by atomic mass is 9.78. The van der Waals surface area contributed by atoms with E-state index in [4.69, 9.17) is 4.74 Å². The van der Waals surface area contributed by atoms with Gasteiger partial charge >= 0.3 is 5.97 Å². The summed E-state index contributed by atoms with van der Waals surface area (Å²) < 4.78 is 5.35. The fraction of sp³-hybridized carbons (Fsp3) is 0.438. The van der Waals surface area contributed by atoms with Crippen molar-refractivity contribution in [2.45, 2.75) is 32.8 Å². The summed E-state index contributed by atoms with van der Waals surface area (Å²) in [6.45, 7) is 7.61. The van der Waals surface area contributed by atoms with Gasteiger partial charge in [-0.05, 0) is 31.9 Å². The van der Waals surface area contributed by atoms with Gasteiger partial charge in [0, 0.05) is 5.41 Å². The summed E-state index contributed by atoms with van der Waals surface area (Å²) in [5, 5.41) is 9.94. The maximum Gasteiger partial charge on any atom is 0.338 e. The Labute approximate surface area is 114 Å². The molecule has 1 rings (SSSR count). The Morgan fingerprint density at radius 1 is 1.47 bits per heavy atom. The van der Waals surface area contributed by atoms with Gasteiger partial charge in [-0.1, -0.05) is 31.2 Å². The molecule has 0 radical (unpaired) electrons. The third kappa shape index (κ3) is 3.93. The second-order valence-electron chi connectivity index (χ2n) is 4.83. The Morgan fingerprint density at radius 2 is 2.11 bits per heavy atom. The molecule has 2 atom stereocenters. The van der Waals surface area contributed by atoms with Crippen molar-refractivity contribution in [1.29, 1.82) is 0 Å². The predicted molar refractivity (Wildman–Crippen MR) is 75.9 cm³/mol. The minimum absolute atomic E-state index is 0.195. The van der Waals surface area contributed by atoms with Crippen LogP contribution in [-0.4, -0.2) is 23.8 Å². The molecule has 0 saturated heterocycles. The van der Waals surface area contributed by atoms with Gasteiger partial charge < -0.3 is 9.84 Å². The second-order valence-corrected chi connectivity index (χ2v) is 4.83. The van der Waals surface area contributed by atoms with Gasteiger partial charge in [0.15, 0.2) is 0 Å². The first kappa shape index (κ1) is 15.4. The van der Waals surface area contributed by atoms with Crippen molar-refractivity contribution in [2.75, 3.05) is 6.61 Å². The lowest BCUT2D eigenvalue weighted by Gasteiger charge is -2.34. The first-order valence-electron chi connectivity index (χ1n) is 6.57. The number of aliphatic hydroxyl groups is 1. The van der Waals surface area contributed by atoms with E-state index in [9.17, 15) is 9.90 Å². The highest BCUT2D eigenvalue weighted by molar-refractivity contribution is 5.89. The molecule has 104 valence electrons. The largest absolute Gasteiger partial charge is 0.461 e. The number of esters is 1. The van der Waals surface area contributed by atoms with Gasteiger partial charge in [0.05, 0.1) is 11.7 Å². The quantitative estimate of drug-likeness (QED) is 0.606. The van der Waals surface area contributed by atoms with Crippen LogP contribution in [0.5, 0.6) is 0 Å². The van der Waals surface area contributed by atoms with Crippen LogP contribution in [0.15, 0.2) is 43.0 Å². The molecule has 0 aromatic heterocycles. The summed E-state index contributed by atoms with van der Waals surface area (Å²) in [6.07, 6.45) is 2.54. The Hall–Kier alpha value is -1.61. The van der Waals surface area contributed by atoms with Gasteiger partial charge in [-0.2, -0.15) is 0 Å². The molecule has 1 aromatic carbocycles. The number of rotatable bonds is 7. The lowest BCUT2D eigenvalue weighted by molar-refractivity contribution is -0.0250. The monoisotopic (exact) mass is 262 g/mol. The molecule has 0 bridgehead atoms. The van der Waals surface area contributed by atoms with Gasteiger partial charge in [-0.3, -0.25) is 0 Å². The fourth-order valence-electron chi connectivity index (χ4n) is 2.05. The number of carbonyl (C=O) groups excluding carboxylic acids is 1. The van der Waals surface area contributed by atoms with E-state index in [-0.39, 0.29) is 12.6 Å². The van der Waals surface area contributed by atoms with Crippen LogP contribution in [0, 0.1) is 5.41 Å². The summed E-state index contributed by atoms with van der Waals surface area (Å²) in [4.78, 5) is 11.9. The van der Waals surface area contributed by atoms with E-state index in [2.05, 4.69) is 6.58 Å². The normalized spacial score (nSPS) is 15.3. The lowest BCUT2D eigenvalue weighted by Crippen LogP contribution is -2.37. The number of aliphatic hydroxyl groups excluding tert-OH is 1. The van der Waals surface area contributed by atoms with Crippen molar-refractivity contribution in [3.8, 4) is 0 Å². The van der Waals surface area contributed by atoms with Crippen molar-refractivity contribution in [3.05, 3.63) is 48.6 Å². The molecule has 19 heavy (non-hydrogen) atoms.